The summed E-state index contributed by atoms with van der Waals surface area (Å²) in [6.45, 7) is 6.30. The quantitative estimate of drug-likeness (QED) is 0.196. The second-order valence-corrected chi connectivity index (χ2v) is 7.16. The lowest BCUT2D eigenvalue weighted by molar-refractivity contribution is 0.292. The van der Waals surface area contributed by atoms with E-state index in [0.29, 0.717) is 6.54 Å². The molecule has 0 unspecified atom stereocenters. The van der Waals surface area contributed by atoms with Crippen molar-refractivity contribution in [2.24, 2.45) is 0 Å². The molecule has 25 heavy (non-hydrogen) atoms. The first-order valence-electron chi connectivity index (χ1n) is 11.1. The summed E-state index contributed by atoms with van der Waals surface area (Å²) in [6, 6.07) is 0. The van der Waals surface area contributed by atoms with Gasteiger partial charge in [-0.25, -0.2) is 0 Å². The normalized spacial score (nSPS) is 11.6. The number of allylic oxidation sites excluding steroid dienone is 2. The van der Waals surface area contributed by atoms with Crippen LogP contribution in [0.2, 0.25) is 0 Å². The van der Waals surface area contributed by atoms with Gasteiger partial charge in [0.2, 0.25) is 0 Å². The Kier molecular flexibility index (Phi) is 23.3. The predicted octanol–water partition coefficient (Wildman–Crippen LogP) is 5.20. The Morgan fingerprint density at radius 3 is 1.60 bits per heavy atom. The predicted molar refractivity (Wildman–Crippen MR) is 112 cm³/mol. The van der Waals surface area contributed by atoms with Crippen molar-refractivity contribution in [3.05, 3.63) is 12.2 Å². The second-order valence-electron chi connectivity index (χ2n) is 7.16. The van der Waals surface area contributed by atoms with Gasteiger partial charge in [0.25, 0.3) is 0 Å². The summed E-state index contributed by atoms with van der Waals surface area (Å²) < 4.78 is 0. The van der Waals surface area contributed by atoms with Gasteiger partial charge < -0.3 is 15.7 Å². The van der Waals surface area contributed by atoms with Crippen LogP contribution in [0.3, 0.4) is 0 Å². The van der Waals surface area contributed by atoms with Gasteiger partial charge in [0.05, 0.1) is 6.61 Å². The Balaban J connectivity index is 3.03. The number of aliphatic hydroxyl groups excluding tert-OH is 1. The van der Waals surface area contributed by atoms with E-state index in [-0.39, 0.29) is 6.61 Å². The number of nitrogens with one attached hydrogen (secondary N) is 2. The number of hydrogen-bond donors (Lipinski definition) is 3. The Morgan fingerprint density at radius 1 is 0.560 bits per heavy atom. The summed E-state index contributed by atoms with van der Waals surface area (Å²) in [5.74, 6) is 0. The van der Waals surface area contributed by atoms with Crippen LogP contribution < -0.4 is 10.6 Å². The van der Waals surface area contributed by atoms with E-state index in [9.17, 15) is 0 Å². The molecule has 0 heterocycles. The van der Waals surface area contributed by atoms with Gasteiger partial charge in [-0.1, -0.05) is 76.9 Å². The molecule has 0 aliphatic rings. The van der Waals surface area contributed by atoms with Crippen molar-refractivity contribution in [3.63, 3.8) is 0 Å². The summed E-state index contributed by atoms with van der Waals surface area (Å²) in [5, 5.41) is 15.3. The van der Waals surface area contributed by atoms with Crippen LogP contribution in [0.15, 0.2) is 12.2 Å². The molecule has 0 rings (SSSR count). The van der Waals surface area contributed by atoms with Crippen molar-refractivity contribution < 1.29 is 5.11 Å². The first kappa shape index (κ1) is 24.6. The molecule has 0 aliphatic carbocycles. The lowest BCUT2D eigenvalue weighted by atomic mass is 10.1. The van der Waals surface area contributed by atoms with E-state index in [1.54, 1.807) is 0 Å². The monoisotopic (exact) mass is 354 g/mol. The van der Waals surface area contributed by atoms with Crippen LogP contribution >= 0.6 is 0 Å². The minimum Gasteiger partial charge on any atom is -0.395 e. The van der Waals surface area contributed by atoms with Crippen LogP contribution in [0.1, 0.15) is 96.8 Å². The highest BCUT2D eigenvalue weighted by atomic mass is 16.3. The van der Waals surface area contributed by atoms with Gasteiger partial charge in [-0.3, -0.25) is 0 Å². The van der Waals surface area contributed by atoms with Gasteiger partial charge in [0.15, 0.2) is 0 Å². The third-order valence-electron chi connectivity index (χ3n) is 4.63. The molecule has 150 valence electrons. The number of rotatable bonds is 21. The average molecular weight is 355 g/mol. The summed E-state index contributed by atoms with van der Waals surface area (Å²) in [4.78, 5) is 0. The SMILES string of the molecule is CCCCCCCC/C=C/CCCCCCCCNCCNCCO. The molecule has 0 radical (unpaired) electrons. The minimum absolute atomic E-state index is 0.231. The maximum absolute atomic E-state index is 8.64. The van der Waals surface area contributed by atoms with E-state index in [4.69, 9.17) is 5.11 Å². The molecule has 0 aliphatic heterocycles. The number of hydrogen-bond acceptors (Lipinski definition) is 3. The molecule has 0 amide bonds. The fourth-order valence-electron chi connectivity index (χ4n) is 3.00. The summed E-state index contributed by atoms with van der Waals surface area (Å²) in [7, 11) is 0. The number of unbranched alkanes of at least 4 members (excludes halogenated alkanes) is 12. The molecule has 3 N–H and O–H groups in total. The van der Waals surface area contributed by atoms with Gasteiger partial charge >= 0.3 is 0 Å². The zero-order valence-electron chi connectivity index (χ0n) is 17.0. The largest absolute Gasteiger partial charge is 0.395 e. The molecule has 0 fully saturated rings. The molecule has 0 aromatic rings. The van der Waals surface area contributed by atoms with E-state index in [1.165, 1.54) is 89.9 Å². The van der Waals surface area contributed by atoms with Gasteiger partial charge in [0.1, 0.15) is 0 Å². The smallest absolute Gasteiger partial charge is 0.0555 e. The topological polar surface area (TPSA) is 44.3 Å². The van der Waals surface area contributed by atoms with Gasteiger partial charge in [-0.05, 0) is 38.6 Å². The lowest BCUT2D eigenvalue weighted by Gasteiger charge is -2.05. The van der Waals surface area contributed by atoms with Gasteiger partial charge in [-0.15, -0.1) is 0 Å². The molecular weight excluding hydrogens is 308 g/mol. The molecular formula is C22H46N2O. The van der Waals surface area contributed by atoms with Crippen LogP contribution in [0, 0.1) is 0 Å². The molecule has 0 atom stereocenters. The van der Waals surface area contributed by atoms with Gasteiger partial charge in [0, 0.05) is 19.6 Å². The lowest BCUT2D eigenvalue weighted by Crippen LogP contribution is -2.29. The zero-order valence-corrected chi connectivity index (χ0v) is 17.0. The van der Waals surface area contributed by atoms with Crippen molar-refractivity contribution >= 4 is 0 Å². The van der Waals surface area contributed by atoms with Crippen LogP contribution in [0.25, 0.3) is 0 Å². The summed E-state index contributed by atoms with van der Waals surface area (Å²) in [6.07, 6.45) is 23.9. The summed E-state index contributed by atoms with van der Waals surface area (Å²) >= 11 is 0. The van der Waals surface area contributed by atoms with Crippen molar-refractivity contribution in [2.75, 3.05) is 32.8 Å². The third kappa shape index (κ3) is 23.6. The van der Waals surface area contributed by atoms with Gasteiger partial charge in [-0.2, -0.15) is 0 Å². The second kappa shape index (κ2) is 23.6. The highest BCUT2D eigenvalue weighted by Gasteiger charge is 1.92. The van der Waals surface area contributed by atoms with Crippen molar-refractivity contribution in [2.45, 2.75) is 96.8 Å². The molecule has 0 bridgehead atoms. The Morgan fingerprint density at radius 2 is 1.04 bits per heavy atom. The summed E-state index contributed by atoms with van der Waals surface area (Å²) in [5.41, 5.74) is 0. The molecule has 0 saturated heterocycles. The van der Waals surface area contributed by atoms with E-state index < -0.39 is 0 Å². The minimum atomic E-state index is 0.231. The zero-order chi connectivity index (χ0) is 18.3. The fraction of sp³-hybridized carbons (Fsp3) is 0.909. The fourth-order valence-corrected chi connectivity index (χ4v) is 3.00. The first-order chi connectivity index (χ1) is 12.4. The molecule has 3 nitrogen and oxygen atoms in total. The Labute approximate surface area is 158 Å². The average Bonchev–Trinajstić information content (AvgIpc) is 2.63. The standard InChI is InChI=1S/C22H46N2O/c1-2-3-4-5-6-7-8-9-10-11-12-13-14-15-16-17-18-23-19-20-24-21-22-25/h9-10,23-25H,2-8,11-22H2,1H3/b10-9+. The van der Waals surface area contributed by atoms with E-state index >= 15 is 0 Å². The molecule has 0 aromatic heterocycles. The third-order valence-corrected chi connectivity index (χ3v) is 4.63. The Hall–Kier alpha value is -0.380. The van der Waals surface area contributed by atoms with Crippen molar-refractivity contribution in [3.8, 4) is 0 Å². The first-order valence-corrected chi connectivity index (χ1v) is 11.1. The molecule has 0 aromatic carbocycles. The molecule has 0 spiro atoms. The van der Waals surface area contributed by atoms with Crippen molar-refractivity contribution in [1.29, 1.82) is 0 Å². The van der Waals surface area contributed by atoms with Crippen LogP contribution in [0.5, 0.6) is 0 Å². The molecule has 0 saturated carbocycles. The van der Waals surface area contributed by atoms with Crippen molar-refractivity contribution in [1.82, 2.24) is 10.6 Å². The van der Waals surface area contributed by atoms with Crippen LogP contribution in [-0.2, 0) is 0 Å². The maximum Gasteiger partial charge on any atom is 0.0555 e. The van der Waals surface area contributed by atoms with Crippen LogP contribution in [-0.4, -0.2) is 37.9 Å². The van der Waals surface area contributed by atoms with E-state index in [1.807, 2.05) is 0 Å². The Bertz CT molecular complexity index is 256. The molecule has 3 heteroatoms. The highest BCUT2D eigenvalue weighted by molar-refractivity contribution is 4.81. The van der Waals surface area contributed by atoms with E-state index in [2.05, 4.69) is 29.7 Å². The van der Waals surface area contributed by atoms with Crippen LogP contribution in [0.4, 0.5) is 0 Å². The van der Waals surface area contributed by atoms with E-state index in [0.717, 1.165) is 19.6 Å². The number of aliphatic hydroxyl groups is 1. The maximum atomic E-state index is 8.64. The highest BCUT2D eigenvalue weighted by Crippen LogP contribution is 2.09.